The summed E-state index contributed by atoms with van der Waals surface area (Å²) in [6.45, 7) is 4.24. The zero-order valence-electron chi connectivity index (χ0n) is 20.0. The van der Waals surface area contributed by atoms with Crippen molar-refractivity contribution in [3.05, 3.63) is 65.9 Å². The third kappa shape index (κ3) is 4.76. The monoisotopic (exact) mass is 456 g/mol. The molecule has 2 fully saturated rings. The molecule has 1 heterocycles. The van der Waals surface area contributed by atoms with Gasteiger partial charge in [0.2, 0.25) is 17.8 Å². The fraction of sp³-hybridized carbons (Fsp3) is 0.393. The highest BCUT2D eigenvalue weighted by molar-refractivity contribution is 5.94. The number of anilines is 1. The van der Waals surface area contributed by atoms with E-state index in [4.69, 9.17) is 4.98 Å². The maximum absolute atomic E-state index is 13.2. The number of benzene rings is 2. The molecule has 0 saturated heterocycles. The van der Waals surface area contributed by atoms with Crippen LogP contribution in [0.15, 0.2) is 54.7 Å². The third-order valence-corrected chi connectivity index (χ3v) is 7.08. The Balaban J connectivity index is 1.41. The number of amides is 2. The fourth-order valence-corrected chi connectivity index (χ4v) is 4.79. The van der Waals surface area contributed by atoms with Crippen molar-refractivity contribution in [3.63, 3.8) is 0 Å². The first kappa shape index (κ1) is 22.4. The standard InChI is InChI=1S/C28H32N4O2/c1-19-12-13-24(16-20(19)2)32-17-25(21-8-4-3-5-9-21)29-28(32)30-26(33)18-31(23-14-15-23)27(34)22-10-6-7-11-22/h3-5,8-9,12-13,16-17,22-23H,6-7,10-11,14-15,18H2,1-2H3,(H,29,30,33). The molecule has 1 aromatic heterocycles. The van der Waals surface area contributed by atoms with Crippen molar-refractivity contribution in [2.75, 3.05) is 11.9 Å². The molecular formula is C28H32N4O2. The summed E-state index contributed by atoms with van der Waals surface area (Å²) in [5, 5.41) is 3.01. The van der Waals surface area contributed by atoms with Gasteiger partial charge in [-0.05, 0) is 62.8 Å². The molecule has 34 heavy (non-hydrogen) atoms. The molecule has 6 nitrogen and oxygen atoms in total. The molecule has 5 rings (SSSR count). The Hall–Kier alpha value is -3.41. The first-order valence-electron chi connectivity index (χ1n) is 12.3. The second kappa shape index (κ2) is 9.45. The number of carbonyl (C=O) groups is 2. The lowest BCUT2D eigenvalue weighted by atomic mass is 10.1. The van der Waals surface area contributed by atoms with Crippen molar-refractivity contribution < 1.29 is 9.59 Å². The predicted molar refractivity (Wildman–Crippen MR) is 134 cm³/mol. The normalized spacial score (nSPS) is 15.9. The summed E-state index contributed by atoms with van der Waals surface area (Å²) < 4.78 is 1.92. The second-order valence-corrected chi connectivity index (χ2v) is 9.68. The first-order chi connectivity index (χ1) is 16.5. The molecule has 0 unspecified atom stereocenters. The van der Waals surface area contributed by atoms with Gasteiger partial charge in [0, 0.05) is 29.4 Å². The molecule has 0 radical (unpaired) electrons. The lowest BCUT2D eigenvalue weighted by molar-refractivity contribution is -0.138. The molecule has 1 N–H and O–H groups in total. The van der Waals surface area contributed by atoms with Crippen LogP contribution >= 0.6 is 0 Å². The Labute approximate surface area is 201 Å². The highest BCUT2D eigenvalue weighted by Crippen LogP contribution is 2.33. The summed E-state index contributed by atoms with van der Waals surface area (Å²) in [6, 6.07) is 16.4. The van der Waals surface area contributed by atoms with Crippen molar-refractivity contribution in [2.45, 2.75) is 58.4 Å². The summed E-state index contributed by atoms with van der Waals surface area (Å²) in [5.74, 6) is 0.498. The van der Waals surface area contributed by atoms with E-state index in [0.29, 0.717) is 5.95 Å². The molecule has 6 heteroatoms. The van der Waals surface area contributed by atoms with Crippen LogP contribution in [0.4, 0.5) is 5.95 Å². The number of carbonyl (C=O) groups excluding carboxylic acids is 2. The summed E-state index contributed by atoms with van der Waals surface area (Å²) in [5.41, 5.74) is 5.09. The topological polar surface area (TPSA) is 67.2 Å². The highest BCUT2D eigenvalue weighted by Gasteiger charge is 2.37. The number of aromatic nitrogens is 2. The lowest BCUT2D eigenvalue weighted by Gasteiger charge is -2.25. The Morgan fingerprint density at radius 3 is 2.41 bits per heavy atom. The Bertz CT molecular complexity index is 1190. The van der Waals surface area contributed by atoms with Gasteiger partial charge in [-0.1, -0.05) is 49.2 Å². The molecule has 3 aromatic rings. The molecule has 2 aliphatic carbocycles. The SMILES string of the molecule is Cc1ccc(-n2cc(-c3ccccc3)nc2NC(=O)CN(C(=O)C2CCCC2)C2CC2)cc1C. The molecule has 0 atom stereocenters. The Kier molecular flexibility index (Phi) is 6.22. The zero-order chi connectivity index (χ0) is 23.7. The van der Waals surface area contributed by atoms with Crippen molar-refractivity contribution in [1.29, 1.82) is 0 Å². The van der Waals surface area contributed by atoms with E-state index in [9.17, 15) is 9.59 Å². The quantitative estimate of drug-likeness (QED) is 0.526. The average molecular weight is 457 g/mol. The van der Waals surface area contributed by atoms with Crippen molar-refractivity contribution >= 4 is 17.8 Å². The Morgan fingerprint density at radius 1 is 1.00 bits per heavy atom. The predicted octanol–water partition coefficient (Wildman–Crippen LogP) is 5.28. The van der Waals surface area contributed by atoms with Crippen LogP contribution in [0.5, 0.6) is 0 Å². The summed E-state index contributed by atoms with van der Waals surface area (Å²) in [7, 11) is 0. The van der Waals surface area contributed by atoms with Gasteiger partial charge in [0.25, 0.3) is 0 Å². The molecule has 2 aromatic carbocycles. The maximum Gasteiger partial charge on any atom is 0.246 e. The third-order valence-electron chi connectivity index (χ3n) is 7.08. The molecule has 176 valence electrons. The van der Waals surface area contributed by atoms with Crippen LogP contribution in [0, 0.1) is 19.8 Å². The van der Waals surface area contributed by atoms with Crippen molar-refractivity contribution in [2.24, 2.45) is 5.92 Å². The molecule has 0 spiro atoms. The number of hydrogen-bond acceptors (Lipinski definition) is 3. The summed E-state index contributed by atoms with van der Waals surface area (Å²) >= 11 is 0. The molecule has 2 aliphatic rings. The zero-order valence-corrected chi connectivity index (χ0v) is 20.0. The van der Waals surface area contributed by atoms with Crippen LogP contribution in [-0.4, -0.2) is 38.9 Å². The van der Waals surface area contributed by atoms with Crippen LogP contribution in [0.2, 0.25) is 0 Å². The number of nitrogens with zero attached hydrogens (tertiary/aromatic N) is 3. The van der Waals surface area contributed by atoms with Crippen LogP contribution < -0.4 is 5.32 Å². The van der Waals surface area contributed by atoms with Gasteiger partial charge < -0.3 is 4.90 Å². The van der Waals surface area contributed by atoms with E-state index in [1.54, 1.807) is 0 Å². The van der Waals surface area contributed by atoms with Crippen LogP contribution in [-0.2, 0) is 9.59 Å². The first-order valence-corrected chi connectivity index (χ1v) is 12.3. The van der Waals surface area contributed by atoms with Gasteiger partial charge in [0.1, 0.15) is 6.54 Å². The van der Waals surface area contributed by atoms with Gasteiger partial charge in [-0.2, -0.15) is 0 Å². The molecule has 2 saturated carbocycles. The van der Waals surface area contributed by atoms with Crippen molar-refractivity contribution in [1.82, 2.24) is 14.5 Å². The largest absolute Gasteiger partial charge is 0.330 e. The average Bonchev–Trinajstić information content (AvgIpc) is 3.36. The van der Waals surface area contributed by atoms with Crippen LogP contribution in [0.3, 0.4) is 0 Å². The minimum Gasteiger partial charge on any atom is -0.330 e. The molecule has 0 bridgehead atoms. The number of rotatable bonds is 7. The second-order valence-electron chi connectivity index (χ2n) is 9.68. The van der Waals surface area contributed by atoms with Gasteiger partial charge in [-0.15, -0.1) is 0 Å². The summed E-state index contributed by atoms with van der Waals surface area (Å²) in [4.78, 5) is 32.8. The lowest BCUT2D eigenvalue weighted by Crippen LogP contribution is -2.42. The number of imidazole rings is 1. The van der Waals surface area contributed by atoms with E-state index in [1.807, 2.05) is 52.1 Å². The van der Waals surface area contributed by atoms with E-state index in [1.165, 1.54) is 11.1 Å². The summed E-state index contributed by atoms with van der Waals surface area (Å²) in [6.07, 6.45) is 8.04. The van der Waals surface area contributed by atoms with Gasteiger partial charge in [0.15, 0.2) is 0 Å². The Morgan fingerprint density at radius 2 is 1.74 bits per heavy atom. The maximum atomic E-state index is 13.2. The van der Waals surface area contributed by atoms with Gasteiger partial charge in [-0.3, -0.25) is 19.5 Å². The van der Waals surface area contributed by atoms with E-state index in [0.717, 1.165) is 55.5 Å². The van der Waals surface area contributed by atoms with Crippen LogP contribution in [0.25, 0.3) is 16.9 Å². The number of aryl methyl sites for hydroxylation is 2. The van der Waals surface area contributed by atoms with E-state index < -0.39 is 0 Å². The van der Waals surface area contributed by atoms with E-state index in [2.05, 4.69) is 31.3 Å². The van der Waals surface area contributed by atoms with E-state index in [-0.39, 0.29) is 30.3 Å². The molecule has 0 aliphatic heterocycles. The fourth-order valence-electron chi connectivity index (χ4n) is 4.79. The van der Waals surface area contributed by atoms with Gasteiger partial charge in [-0.25, -0.2) is 4.98 Å². The van der Waals surface area contributed by atoms with Gasteiger partial charge in [0.05, 0.1) is 5.69 Å². The van der Waals surface area contributed by atoms with Crippen molar-refractivity contribution in [3.8, 4) is 16.9 Å². The minimum absolute atomic E-state index is 0.0793. The van der Waals surface area contributed by atoms with E-state index >= 15 is 0 Å². The number of nitrogens with one attached hydrogen (secondary N) is 1. The molecule has 2 amide bonds. The smallest absolute Gasteiger partial charge is 0.246 e. The molecular weight excluding hydrogens is 424 g/mol. The minimum atomic E-state index is -0.200. The highest BCUT2D eigenvalue weighted by atomic mass is 16.2. The van der Waals surface area contributed by atoms with Gasteiger partial charge >= 0.3 is 0 Å². The van der Waals surface area contributed by atoms with Crippen LogP contribution in [0.1, 0.15) is 49.7 Å². The number of hydrogen-bond donors (Lipinski definition) is 1.